The fourth-order valence-electron chi connectivity index (χ4n) is 1.45. The van der Waals surface area contributed by atoms with Crippen molar-refractivity contribution >= 4 is 5.91 Å². The van der Waals surface area contributed by atoms with E-state index in [1.54, 1.807) is 4.90 Å². The summed E-state index contributed by atoms with van der Waals surface area (Å²) in [5, 5.41) is 2.90. The van der Waals surface area contributed by atoms with Gasteiger partial charge in [-0.15, -0.1) is 6.42 Å². The second-order valence-electron chi connectivity index (χ2n) is 4.29. The lowest BCUT2D eigenvalue weighted by atomic mass is 10.0. The van der Waals surface area contributed by atoms with E-state index in [-0.39, 0.29) is 11.9 Å². The van der Waals surface area contributed by atoms with Gasteiger partial charge >= 0.3 is 0 Å². The predicted molar refractivity (Wildman–Crippen MR) is 63.4 cm³/mol. The van der Waals surface area contributed by atoms with Crippen LogP contribution in [0.15, 0.2) is 0 Å². The molecular formula is C12H22N2O. The highest BCUT2D eigenvalue weighted by Gasteiger charge is 2.15. The molecular weight excluding hydrogens is 188 g/mol. The maximum absolute atomic E-state index is 11.6. The smallest absolute Gasteiger partial charge is 0.236 e. The molecule has 0 aliphatic rings. The average molecular weight is 210 g/mol. The standard InChI is InChI=1S/C12H22N2O/c1-6-7-13-9-12(15)14(5)11(4)8-10(2)3/h1,10-11,13H,7-9H2,2-5H3. The molecule has 0 aliphatic carbocycles. The van der Waals surface area contributed by atoms with Crippen LogP contribution in [-0.2, 0) is 4.79 Å². The van der Waals surface area contributed by atoms with E-state index >= 15 is 0 Å². The molecule has 0 saturated heterocycles. The van der Waals surface area contributed by atoms with Crippen molar-refractivity contribution in [1.82, 2.24) is 10.2 Å². The molecule has 0 aromatic rings. The number of amides is 1. The van der Waals surface area contributed by atoms with Gasteiger partial charge in [-0.05, 0) is 19.3 Å². The lowest BCUT2D eigenvalue weighted by Gasteiger charge is -2.26. The first-order chi connectivity index (χ1) is 6.99. The number of rotatable bonds is 6. The van der Waals surface area contributed by atoms with E-state index in [2.05, 4.69) is 32.0 Å². The van der Waals surface area contributed by atoms with Crippen LogP contribution in [0.5, 0.6) is 0 Å². The Bertz CT molecular complexity index is 230. The largest absolute Gasteiger partial charge is 0.342 e. The maximum Gasteiger partial charge on any atom is 0.236 e. The second-order valence-corrected chi connectivity index (χ2v) is 4.29. The number of carbonyl (C=O) groups excluding carboxylic acids is 1. The van der Waals surface area contributed by atoms with Crippen LogP contribution in [0.3, 0.4) is 0 Å². The summed E-state index contributed by atoms with van der Waals surface area (Å²) in [6.45, 7) is 7.15. The van der Waals surface area contributed by atoms with Crippen molar-refractivity contribution < 1.29 is 4.79 Å². The Hall–Kier alpha value is -1.01. The molecule has 15 heavy (non-hydrogen) atoms. The van der Waals surface area contributed by atoms with E-state index < -0.39 is 0 Å². The van der Waals surface area contributed by atoms with Crippen LogP contribution in [0, 0.1) is 18.3 Å². The molecule has 1 atom stereocenters. The fourth-order valence-corrected chi connectivity index (χ4v) is 1.45. The van der Waals surface area contributed by atoms with Crippen LogP contribution in [-0.4, -0.2) is 37.0 Å². The van der Waals surface area contributed by atoms with Crippen molar-refractivity contribution in [3.63, 3.8) is 0 Å². The van der Waals surface area contributed by atoms with Crippen LogP contribution < -0.4 is 5.32 Å². The Labute approximate surface area is 93.2 Å². The zero-order chi connectivity index (χ0) is 11.8. The van der Waals surface area contributed by atoms with Gasteiger partial charge < -0.3 is 4.90 Å². The van der Waals surface area contributed by atoms with E-state index in [4.69, 9.17) is 6.42 Å². The molecule has 1 amide bonds. The lowest BCUT2D eigenvalue weighted by molar-refractivity contribution is -0.130. The first-order valence-electron chi connectivity index (χ1n) is 5.38. The molecule has 0 heterocycles. The highest BCUT2D eigenvalue weighted by molar-refractivity contribution is 5.78. The molecule has 1 N–H and O–H groups in total. The predicted octanol–water partition coefficient (Wildman–Crippen LogP) is 1.10. The maximum atomic E-state index is 11.6. The van der Waals surface area contributed by atoms with Gasteiger partial charge in [0.25, 0.3) is 0 Å². The molecule has 3 nitrogen and oxygen atoms in total. The third-order valence-electron chi connectivity index (χ3n) is 2.37. The van der Waals surface area contributed by atoms with Crippen molar-refractivity contribution in [3.8, 4) is 12.3 Å². The molecule has 0 saturated carbocycles. The number of nitrogens with zero attached hydrogens (tertiary/aromatic N) is 1. The molecule has 3 heteroatoms. The van der Waals surface area contributed by atoms with Gasteiger partial charge in [0.05, 0.1) is 13.1 Å². The molecule has 86 valence electrons. The number of carbonyl (C=O) groups is 1. The first kappa shape index (κ1) is 14.0. The highest BCUT2D eigenvalue weighted by atomic mass is 16.2. The molecule has 1 unspecified atom stereocenters. The van der Waals surface area contributed by atoms with E-state index in [1.807, 2.05) is 7.05 Å². The van der Waals surface area contributed by atoms with Gasteiger partial charge in [-0.3, -0.25) is 10.1 Å². The van der Waals surface area contributed by atoms with Crippen LogP contribution >= 0.6 is 0 Å². The number of terminal acetylenes is 1. The summed E-state index contributed by atoms with van der Waals surface area (Å²) >= 11 is 0. The second kappa shape index (κ2) is 7.30. The number of hydrogen-bond acceptors (Lipinski definition) is 2. The van der Waals surface area contributed by atoms with E-state index in [1.165, 1.54) is 0 Å². The molecule has 0 fully saturated rings. The molecule has 0 rings (SSSR count). The number of nitrogens with one attached hydrogen (secondary N) is 1. The molecule has 0 aromatic carbocycles. The van der Waals surface area contributed by atoms with Crippen molar-refractivity contribution in [2.45, 2.75) is 33.2 Å². The SMILES string of the molecule is C#CCNCC(=O)N(C)C(C)CC(C)C. The van der Waals surface area contributed by atoms with Gasteiger partial charge in [0.15, 0.2) is 0 Å². The van der Waals surface area contributed by atoms with Crippen molar-refractivity contribution in [2.24, 2.45) is 5.92 Å². The van der Waals surface area contributed by atoms with Gasteiger partial charge in [0.2, 0.25) is 5.91 Å². The van der Waals surface area contributed by atoms with Crippen LogP contribution in [0.4, 0.5) is 0 Å². The summed E-state index contributed by atoms with van der Waals surface area (Å²) in [7, 11) is 1.84. The minimum atomic E-state index is 0.0957. The monoisotopic (exact) mass is 210 g/mol. The minimum Gasteiger partial charge on any atom is -0.342 e. The Kier molecular flexibility index (Phi) is 6.81. The van der Waals surface area contributed by atoms with Crippen molar-refractivity contribution in [3.05, 3.63) is 0 Å². The molecule has 0 spiro atoms. The van der Waals surface area contributed by atoms with E-state index in [9.17, 15) is 4.79 Å². The lowest BCUT2D eigenvalue weighted by Crippen LogP contribution is -2.41. The molecule has 0 radical (unpaired) electrons. The average Bonchev–Trinajstić information content (AvgIpc) is 2.15. The Morgan fingerprint density at radius 3 is 2.53 bits per heavy atom. The summed E-state index contributed by atoms with van der Waals surface area (Å²) in [6, 6.07) is 0.283. The van der Waals surface area contributed by atoms with Gasteiger partial charge in [-0.2, -0.15) is 0 Å². The summed E-state index contributed by atoms with van der Waals surface area (Å²) in [6.07, 6.45) is 6.10. The number of likely N-dealkylation sites (N-methyl/N-ethyl adjacent to an activating group) is 1. The Morgan fingerprint density at radius 2 is 2.07 bits per heavy atom. The van der Waals surface area contributed by atoms with Crippen molar-refractivity contribution in [2.75, 3.05) is 20.1 Å². The quantitative estimate of drug-likeness (QED) is 0.526. The van der Waals surface area contributed by atoms with E-state index in [0.29, 0.717) is 19.0 Å². The first-order valence-corrected chi connectivity index (χ1v) is 5.38. The summed E-state index contributed by atoms with van der Waals surface area (Å²) in [4.78, 5) is 13.4. The van der Waals surface area contributed by atoms with Gasteiger partial charge in [-0.1, -0.05) is 19.8 Å². The van der Waals surface area contributed by atoms with Crippen LogP contribution in [0.25, 0.3) is 0 Å². The highest BCUT2D eigenvalue weighted by Crippen LogP contribution is 2.09. The third kappa shape index (κ3) is 6.14. The summed E-state index contributed by atoms with van der Waals surface area (Å²) < 4.78 is 0. The van der Waals surface area contributed by atoms with Gasteiger partial charge in [0, 0.05) is 13.1 Å². The minimum absolute atomic E-state index is 0.0957. The topological polar surface area (TPSA) is 32.3 Å². The molecule has 0 aliphatic heterocycles. The zero-order valence-electron chi connectivity index (χ0n) is 10.2. The van der Waals surface area contributed by atoms with Crippen molar-refractivity contribution in [1.29, 1.82) is 0 Å². The fraction of sp³-hybridized carbons (Fsp3) is 0.750. The van der Waals surface area contributed by atoms with Gasteiger partial charge in [0.1, 0.15) is 0 Å². The molecule has 0 bridgehead atoms. The zero-order valence-corrected chi connectivity index (χ0v) is 10.2. The summed E-state index contributed by atoms with van der Waals surface area (Å²) in [5.74, 6) is 3.14. The van der Waals surface area contributed by atoms with Gasteiger partial charge in [-0.25, -0.2) is 0 Å². The third-order valence-corrected chi connectivity index (χ3v) is 2.37. The molecule has 0 aromatic heterocycles. The normalized spacial score (nSPS) is 12.3. The Morgan fingerprint density at radius 1 is 1.47 bits per heavy atom. The van der Waals surface area contributed by atoms with E-state index in [0.717, 1.165) is 6.42 Å². The number of hydrogen-bond donors (Lipinski definition) is 1. The van der Waals surface area contributed by atoms with Crippen LogP contribution in [0.2, 0.25) is 0 Å². The van der Waals surface area contributed by atoms with Crippen LogP contribution in [0.1, 0.15) is 27.2 Å². The Balaban J connectivity index is 3.92. The summed E-state index contributed by atoms with van der Waals surface area (Å²) in [5.41, 5.74) is 0.